The molecule has 0 spiro atoms. The summed E-state index contributed by atoms with van der Waals surface area (Å²) in [7, 11) is 1.61. The van der Waals surface area contributed by atoms with Crippen molar-refractivity contribution >= 4 is 28.5 Å². The fraction of sp³-hybridized carbons (Fsp3) is 0.368. The minimum atomic E-state index is -0.564. The van der Waals surface area contributed by atoms with E-state index in [0.717, 1.165) is 5.56 Å². The molecule has 3 aromatic rings. The molecule has 0 aliphatic rings. The van der Waals surface area contributed by atoms with Crippen LogP contribution in [0.2, 0.25) is 0 Å². The van der Waals surface area contributed by atoms with E-state index in [1.807, 2.05) is 13.0 Å². The maximum atomic E-state index is 13.1. The number of rotatable bonds is 6. The number of anilines is 1. The summed E-state index contributed by atoms with van der Waals surface area (Å²) in [4.78, 5) is 30.1. The van der Waals surface area contributed by atoms with Gasteiger partial charge in [0, 0.05) is 31.9 Å². The predicted molar refractivity (Wildman–Crippen MR) is 101 cm³/mol. The van der Waals surface area contributed by atoms with Crippen molar-refractivity contribution < 1.29 is 18.8 Å². The highest BCUT2D eigenvalue weighted by atomic mass is 16.5. The SMILES string of the molecule is CCOC(=O)c1cc2c(=O)n3cccc(C)c3nc2[n+](CCCOC)c1N. The summed E-state index contributed by atoms with van der Waals surface area (Å²) in [6.45, 7) is 4.79. The summed E-state index contributed by atoms with van der Waals surface area (Å²) in [5, 5.41) is 0.313. The summed E-state index contributed by atoms with van der Waals surface area (Å²) in [6.07, 6.45) is 2.31. The van der Waals surface area contributed by atoms with Crippen molar-refractivity contribution in [3.8, 4) is 0 Å². The molecule has 3 aromatic heterocycles. The topological polar surface area (TPSA) is 99.8 Å². The zero-order valence-corrected chi connectivity index (χ0v) is 15.7. The zero-order chi connectivity index (χ0) is 19.6. The van der Waals surface area contributed by atoms with Gasteiger partial charge in [-0.05, 0) is 26.0 Å². The molecule has 142 valence electrons. The lowest BCUT2D eigenvalue weighted by molar-refractivity contribution is -0.659. The van der Waals surface area contributed by atoms with E-state index < -0.39 is 5.97 Å². The van der Waals surface area contributed by atoms with Gasteiger partial charge in [0.2, 0.25) is 11.5 Å². The number of fused-ring (bicyclic) bond motifs is 2. The van der Waals surface area contributed by atoms with Crippen molar-refractivity contribution in [1.82, 2.24) is 9.38 Å². The van der Waals surface area contributed by atoms with Crippen LogP contribution >= 0.6 is 0 Å². The molecule has 3 rings (SSSR count). The van der Waals surface area contributed by atoms with Gasteiger partial charge in [-0.15, -0.1) is 0 Å². The number of ether oxygens (including phenoxy) is 2. The standard InChI is InChI=1S/C19H22N4O4/c1-4-27-19(25)13-11-14-17(22(15(13)20)9-6-10-26-3)21-16-12(2)7-5-8-23(16)18(14)24/h5,7-8,11,20H,4,6,9-10H2,1-3H3/p+1. The average Bonchev–Trinajstić information content (AvgIpc) is 2.65. The monoisotopic (exact) mass is 371 g/mol. The Morgan fingerprint density at radius 1 is 1.41 bits per heavy atom. The minimum Gasteiger partial charge on any atom is -0.462 e. The van der Waals surface area contributed by atoms with Crippen LogP contribution in [0, 0.1) is 6.92 Å². The first-order chi connectivity index (χ1) is 13.0. The number of esters is 1. The molecule has 27 heavy (non-hydrogen) atoms. The number of hydrogen-bond donors (Lipinski definition) is 1. The summed E-state index contributed by atoms with van der Waals surface area (Å²) < 4.78 is 13.4. The highest BCUT2D eigenvalue weighted by Crippen LogP contribution is 2.17. The van der Waals surface area contributed by atoms with Crippen molar-refractivity contribution in [2.45, 2.75) is 26.8 Å². The molecule has 3 heterocycles. The molecule has 0 unspecified atom stereocenters. The van der Waals surface area contributed by atoms with Gasteiger partial charge in [-0.1, -0.05) is 11.1 Å². The zero-order valence-electron chi connectivity index (χ0n) is 15.7. The van der Waals surface area contributed by atoms with Gasteiger partial charge in [-0.25, -0.2) is 9.36 Å². The van der Waals surface area contributed by atoms with Crippen molar-refractivity contribution in [2.75, 3.05) is 26.1 Å². The van der Waals surface area contributed by atoms with E-state index in [4.69, 9.17) is 15.2 Å². The van der Waals surface area contributed by atoms with Crippen LogP contribution in [0.4, 0.5) is 5.82 Å². The number of methoxy groups -OCH3 is 1. The number of pyridine rings is 2. The van der Waals surface area contributed by atoms with Crippen molar-refractivity contribution in [1.29, 1.82) is 0 Å². The van der Waals surface area contributed by atoms with E-state index >= 15 is 0 Å². The molecule has 8 heteroatoms. The lowest BCUT2D eigenvalue weighted by Crippen LogP contribution is -2.42. The molecule has 0 aromatic carbocycles. The number of carbonyl (C=O) groups is 1. The third kappa shape index (κ3) is 3.35. The lowest BCUT2D eigenvalue weighted by atomic mass is 10.2. The van der Waals surface area contributed by atoms with Gasteiger partial charge in [-0.2, -0.15) is 0 Å². The van der Waals surface area contributed by atoms with Crippen LogP contribution in [-0.2, 0) is 16.0 Å². The Hall–Kier alpha value is -3.00. The fourth-order valence-corrected chi connectivity index (χ4v) is 3.08. The summed E-state index contributed by atoms with van der Waals surface area (Å²) in [5.74, 6) is -0.340. The first-order valence-electron chi connectivity index (χ1n) is 8.79. The normalized spacial score (nSPS) is 11.2. The van der Waals surface area contributed by atoms with Crippen molar-refractivity contribution in [3.63, 3.8) is 0 Å². The molecular formula is C19H23N4O4+. The van der Waals surface area contributed by atoms with Gasteiger partial charge in [0.05, 0.1) is 13.2 Å². The van der Waals surface area contributed by atoms with Crippen LogP contribution in [-0.4, -0.2) is 35.7 Å². The molecule has 0 amide bonds. The van der Waals surface area contributed by atoms with Crippen LogP contribution < -0.4 is 15.9 Å². The third-order valence-electron chi connectivity index (χ3n) is 4.40. The predicted octanol–water partition coefficient (Wildman–Crippen LogP) is 1.24. The smallest absolute Gasteiger partial charge is 0.344 e. The number of carbonyl (C=O) groups excluding carboxylic acids is 1. The maximum Gasteiger partial charge on any atom is 0.344 e. The molecule has 0 aliphatic heterocycles. The largest absolute Gasteiger partial charge is 0.462 e. The molecule has 0 saturated heterocycles. The molecule has 0 atom stereocenters. The van der Waals surface area contributed by atoms with E-state index in [1.165, 1.54) is 10.5 Å². The molecule has 0 bridgehead atoms. The first-order valence-corrected chi connectivity index (χ1v) is 8.79. The summed E-state index contributed by atoms with van der Waals surface area (Å²) in [6, 6.07) is 5.15. The highest BCUT2D eigenvalue weighted by molar-refractivity contribution is 5.96. The van der Waals surface area contributed by atoms with Crippen LogP contribution in [0.3, 0.4) is 0 Å². The van der Waals surface area contributed by atoms with Crippen LogP contribution in [0.15, 0.2) is 29.2 Å². The Labute approximate surface area is 156 Å². The quantitative estimate of drug-likeness (QED) is 0.303. The molecule has 0 fully saturated rings. The fourth-order valence-electron chi connectivity index (χ4n) is 3.08. The Bertz CT molecular complexity index is 1070. The number of nitrogens with zero attached hydrogens (tertiary/aromatic N) is 3. The summed E-state index contributed by atoms with van der Waals surface area (Å²) in [5.41, 5.74) is 8.03. The molecule has 8 nitrogen and oxygen atoms in total. The Morgan fingerprint density at radius 2 is 2.19 bits per heavy atom. The lowest BCUT2D eigenvalue weighted by Gasteiger charge is -2.12. The second kappa shape index (κ2) is 7.71. The Balaban J connectivity index is 2.36. The first kappa shape index (κ1) is 18.8. The van der Waals surface area contributed by atoms with E-state index in [0.29, 0.717) is 36.3 Å². The Kier molecular flexibility index (Phi) is 5.36. The minimum absolute atomic E-state index is 0.160. The van der Waals surface area contributed by atoms with Crippen molar-refractivity contribution in [2.24, 2.45) is 0 Å². The number of hydrogen-bond acceptors (Lipinski definition) is 6. The van der Waals surface area contributed by atoms with Crippen molar-refractivity contribution in [3.05, 3.63) is 45.9 Å². The van der Waals surface area contributed by atoms with E-state index in [2.05, 4.69) is 4.98 Å². The Morgan fingerprint density at radius 3 is 2.89 bits per heavy atom. The van der Waals surface area contributed by atoms with E-state index in [9.17, 15) is 9.59 Å². The van der Waals surface area contributed by atoms with E-state index in [1.54, 1.807) is 30.9 Å². The number of aromatic nitrogens is 3. The van der Waals surface area contributed by atoms with Gasteiger partial charge in [0.1, 0.15) is 10.9 Å². The third-order valence-corrected chi connectivity index (χ3v) is 4.40. The molecular weight excluding hydrogens is 348 g/mol. The van der Waals surface area contributed by atoms with Gasteiger partial charge in [0.15, 0.2) is 0 Å². The van der Waals surface area contributed by atoms with Crippen LogP contribution in [0.1, 0.15) is 29.3 Å². The van der Waals surface area contributed by atoms with Gasteiger partial charge in [-0.3, -0.25) is 9.20 Å². The van der Waals surface area contributed by atoms with Crippen LogP contribution in [0.25, 0.3) is 16.7 Å². The van der Waals surface area contributed by atoms with Gasteiger partial charge >= 0.3 is 5.97 Å². The molecule has 2 N–H and O–H groups in total. The number of nitrogen functional groups attached to an aromatic ring is 1. The second-order valence-electron chi connectivity index (χ2n) is 6.20. The molecule has 0 saturated carbocycles. The average molecular weight is 371 g/mol. The van der Waals surface area contributed by atoms with E-state index in [-0.39, 0.29) is 23.5 Å². The molecule has 0 radical (unpaired) electrons. The summed E-state index contributed by atoms with van der Waals surface area (Å²) >= 11 is 0. The highest BCUT2D eigenvalue weighted by Gasteiger charge is 2.25. The maximum absolute atomic E-state index is 13.1. The molecule has 0 aliphatic carbocycles. The second-order valence-corrected chi connectivity index (χ2v) is 6.20. The number of aryl methyl sites for hydroxylation is 2. The van der Waals surface area contributed by atoms with Gasteiger partial charge in [0.25, 0.3) is 11.2 Å². The van der Waals surface area contributed by atoms with Crippen LogP contribution in [0.5, 0.6) is 0 Å². The van der Waals surface area contributed by atoms with Gasteiger partial charge < -0.3 is 15.2 Å². The number of nitrogens with two attached hydrogens (primary N) is 1.